The molecular formula is C12H21NO3. The van der Waals surface area contributed by atoms with Crippen LogP contribution in [-0.2, 0) is 14.3 Å². The number of esters is 1. The standard InChI is InChI=1S/C12H21NO3/c1-6-7-12(4,11(15)16-5)13-10(14)8-9(2)3/h8H,6-7H2,1-5H3,(H,13,14). The monoisotopic (exact) mass is 227 g/mol. The molecule has 0 fully saturated rings. The Hall–Kier alpha value is -1.32. The highest BCUT2D eigenvalue weighted by atomic mass is 16.5. The molecule has 0 bridgehead atoms. The van der Waals surface area contributed by atoms with Crippen molar-refractivity contribution < 1.29 is 14.3 Å². The first-order valence-corrected chi connectivity index (χ1v) is 5.41. The van der Waals surface area contributed by atoms with Gasteiger partial charge in [-0.2, -0.15) is 0 Å². The van der Waals surface area contributed by atoms with E-state index in [-0.39, 0.29) is 5.91 Å². The van der Waals surface area contributed by atoms with E-state index in [1.54, 1.807) is 6.92 Å². The van der Waals surface area contributed by atoms with Gasteiger partial charge < -0.3 is 10.1 Å². The molecule has 0 aliphatic heterocycles. The molecule has 0 saturated carbocycles. The highest BCUT2D eigenvalue weighted by molar-refractivity contribution is 5.93. The zero-order valence-corrected chi connectivity index (χ0v) is 10.7. The summed E-state index contributed by atoms with van der Waals surface area (Å²) in [4.78, 5) is 23.2. The molecule has 1 unspecified atom stereocenters. The lowest BCUT2D eigenvalue weighted by Crippen LogP contribution is -2.52. The zero-order valence-electron chi connectivity index (χ0n) is 10.7. The van der Waals surface area contributed by atoms with Crippen molar-refractivity contribution in [2.45, 2.75) is 46.1 Å². The summed E-state index contributed by atoms with van der Waals surface area (Å²) in [5, 5.41) is 2.69. The Balaban J connectivity index is 4.74. The number of ether oxygens (including phenoxy) is 1. The number of hydrogen-bond donors (Lipinski definition) is 1. The first kappa shape index (κ1) is 14.7. The van der Waals surface area contributed by atoms with E-state index in [0.29, 0.717) is 6.42 Å². The summed E-state index contributed by atoms with van der Waals surface area (Å²) in [7, 11) is 1.32. The van der Waals surface area contributed by atoms with Crippen molar-refractivity contribution in [3.8, 4) is 0 Å². The van der Waals surface area contributed by atoms with Crippen molar-refractivity contribution in [3.05, 3.63) is 11.6 Å². The van der Waals surface area contributed by atoms with Crippen molar-refractivity contribution in [3.63, 3.8) is 0 Å². The first-order valence-electron chi connectivity index (χ1n) is 5.41. The second kappa shape index (κ2) is 6.30. The fraction of sp³-hybridized carbons (Fsp3) is 0.667. The van der Waals surface area contributed by atoms with Crippen LogP contribution in [0.5, 0.6) is 0 Å². The van der Waals surface area contributed by atoms with Crippen LogP contribution in [0.15, 0.2) is 11.6 Å². The largest absolute Gasteiger partial charge is 0.467 e. The van der Waals surface area contributed by atoms with Gasteiger partial charge >= 0.3 is 5.97 Å². The van der Waals surface area contributed by atoms with Gasteiger partial charge in [-0.3, -0.25) is 4.79 Å². The molecule has 4 nitrogen and oxygen atoms in total. The lowest BCUT2D eigenvalue weighted by Gasteiger charge is -2.26. The number of carbonyl (C=O) groups excluding carboxylic acids is 2. The fourth-order valence-electron chi connectivity index (χ4n) is 1.51. The van der Waals surface area contributed by atoms with Crippen molar-refractivity contribution in [2.24, 2.45) is 0 Å². The van der Waals surface area contributed by atoms with Gasteiger partial charge in [-0.15, -0.1) is 0 Å². The van der Waals surface area contributed by atoms with Crippen molar-refractivity contribution in [2.75, 3.05) is 7.11 Å². The number of allylic oxidation sites excluding steroid dienone is 1. The molecule has 0 aromatic rings. The summed E-state index contributed by atoms with van der Waals surface area (Å²) in [6.07, 6.45) is 2.82. The molecule has 0 spiro atoms. The van der Waals surface area contributed by atoms with Crippen molar-refractivity contribution in [1.82, 2.24) is 5.32 Å². The quantitative estimate of drug-likeness (QED) is 0.575. The Bertz CT molecular complexity index is 293. The minimum absolute atomic E-state index is 0.263. The van der Waals surface area contributed by atoms with E-state index in [2.05, 4.69) is 5.32 Å². The summed E-state index contributed by atoms with van der Waals surface area (Å²) in [5.74, 6) is -0.675. The van der Waals surface area contributed by atoms with Crippen LogP contribution >= 0.6 is 0 Å². The van der Waals surface area contributed by atoms with Gasteiger partial charge in [-0.1, -0.05) is 18.9 Å². The number of methoxy groups -OCH3 is 1. The molecule has 1 atom stereocenters. The van der Waals surface area contributed by atoms with Crippen LogP contribution in [-0.4, -0.2) is 24.5 Å². The summed E-state index contributed by atoms with van der Waals surface area (Å²) in [5.41, 5.74) is -0.0479. The predicted molar refractivity (Wildman–Crippen MR) is 62.9 cm³/mol. The number of rotatable bonds is 5. The molecule has 0 aliphatic rings. The Labute approximate surface area is 97.1 Å². The summed E-state index contributed by atoms with van der Waals surface area (Å²) in [6, 6.07) is 0. The second-order valence-electron chi connectivity index (χ2n) is 4.28. The molecule has 0 saturated heterocycles. The Morgan fingerprint density at radius 1 is 1.38 bits per heavy atom. The summed E-state index contributed by atoms with van der Waals surface area (Å²) < 4.78 is 4.70. The van der Waals surface area contributed by atoms with E-state index in [0.717, 1.165) is 12.0 Å². The lowest BCUT2D eigenvalue weighted by molar-refractivity contribution is -0.150. The molecular weight excluding hydrogens is 206 g/mol. The van der Waals surface area contributed by atoms with Crippen molar-refractivity contribution in [1.29, 1.82) is 0 Å². The van der Waals surface area contributed by atoms with Crippen LogP contribution < -0.4 is 5.32 Å². The molecule has 1 amide bonds. The van der Waals surface area contributed by atoms with Crippen LogP contribution in [0.3, 0.4) is 0 Å². The van der Waals surface area contributed by atoms with E-state index in [1.807, 2.05) is 20.8 Å². The smallest absolute Gasteiger partial charge is 0.331 e. The Kier molecular flexibility index (Phi) is 5.78. The molecule has 0 radical (unpaired) electrons. The SMILES string of the molecule is CCCC(C)(NC(=O)C=C(C)C)C(=O)OC. The van der Waals surface area contributed by atoms with Gasteiger partial charge in [0.1, 0.15) is 5.54 Å². The van der Waals surface area contributed by atoms with Crippen LogP contribution in [0.4, 0.5) is 0 Å². The van der Waals surface area contributed by atoms with Gasteiger partial charge in [0.15, 0.2) is 0 Å². The maximum atomic E-state index is 11.6. The highest BCUT2D eigenvalue weighted by Gasteiger charge is 2.34. The van der Waals surface area contributed by atoms with Gasteiger partial charge in [0, 0.05) is 6.08 Å². The molecule has 16 heavy (non-hydrogen) atoms. The van der Waals surface area contributed by atoms with Crippen molar-refractivity contribution >= 4 is 11.9 Å². The topological polar surface area (TPSA) is 55.4 Å². The summed E-state index contributed by atoms with van der Waals surface area (Å²) >= 11 is 0. The van der Waals surface area contributed by atoms with Crippen LogP contribution in [0.25, 0.3) is 0 Å². The number of hydrogen-bond acceptors (Lipinski definition) is 3. The Morgan fingerprint density at radius 2 is 1.94 bits per heavy atom. The maximum absolute atomic E-state index is 11.6. The number of carbonyl (C=O) groups is 2. The van der Waals surface area contributed by atoms with Gasteiger partial charge in [-0.25, -0.2) is 4.79 Å². The second-order valence-corrected chi connectivity index (χ2v) is 4.28. The third kappa shape index (κ3) is 4.47. The molecule has 0 aromatic carbocycles. The van der Waals surface area contributed by atoms with E-state index in [1.165, 1.54) is 13.2 Å². The molecule has 0 aliphatic carbocycles. The van der Waals surface area contributed by atoms with Crippen LogP contribution in [0, 0.1) is 0 Å². The van der Waals surface area contributed by atoms with Gasteiger partial charge in [0.05, 0.1) is 7.11 Å². The summed E-state index contributed by atoms with van der Waals surface area (Å²) in [6.45, 7) is 7.29. The third-order valence-corrected chi connectivity index (χ3v) is 2.20. The van der Waals surface area contributed by atoms with Gasteiger partial charge in [0.25, 0.3) is 0 Å². The zero-order chi connectivity index (χ0) is 12.8. The van der Waals surface area contributed by atoms with Crippen LogP contribution in [0.2, 0.25) is 0 Å². The lowest BCUT2D eigenvalue weighted by atomic mass is 9.96. The van der Waals surface area contributed by atoms with E-state index < -0.39 is 11.5 Å². The van der Waals surface area contributed by atoms with Gasteiger partial charge in [-0.05, 0) is 27.2 Å². The average Bonchev–Trinajstić information content (AvgIpc) is 2.15. The van der Waals surface area contributed by atoms with E-state index in [4.69, 9.17) is 4.74 Å². The normalized spacial score (nSPS) is 13.6. The van der Waals surface area contributed by atoms with E-state index in [9.17, 15) is 9.59 Å². The molecule has 4 heteroatoms. The molecule has 1 N–H and O–H groups in total. The fourth-order valence-corrected chi connectivity index (χ4v) is 1.51. The number of nitrogens with one attached hydrogen (secondary N) is 1. The van der Waals surface area contributed by atoms with E-state index >= 15 is 0 Å². The Morgan fingerprint density at radius 3 is 2.31 bits per heavy atom. The highest BCUT2D eigenvalue weighted by Crippen LogP contribution is 2.14. The third-order valence-electron chi connectivity index (χ3n) is 2.20. The van der Waals surface area contributed by atoms with Gasteiger partial charge in [0.2, 0.25) is 5.91 Å². The van der Waals surface area contributed by atoms with Crippen LogP contribution in [0.1, 0.15) is 40.5 Å². The number of amides is 1. The maximum Gasteiger partial charge on any atom is 0.331 e. The first-order chi connectivity index (χ1) is 7.35. The minimum Gasteiger partial charge on any atom is -0.467 e. The molecule has 92 valence electrons. The molecule has 0 rings (SSSR count). The molecule has 0 heterocycles. The minimum atomic E-state index is -0.938. The molecule has 0 aromatic heterocycles. The average molecular weight is 227 g/mol. The predicted octanol–water partition coefficient (Wildman–Crippen LogP) is 1.80.